The van der Waals surface area contributed by atoms with Crippen molar-refractivity contribution in [2.24, 2.45) is 0 Å². The summed E-state index contributed by atoms with van der Waals surface area (Å²) in [5, 5.41) is 5.33. The number of hydrogen-bond acceptors (Lipinski definition) is 4. The lowest BCUT2D eigenvalue weighted by atomic mass is 10.1. The zero-order valence-electron chi connectivity index (χ0n) is 16.0. The van der Waals surface area contributed by atoms with Gasteiger partial charge in [0.15, 0.2) is 0 Å². The monoisotopic (exact) mass is 430 g/mol. The van der Waals surface area contributed by atoms with Crippen LogP contribution >= 0.6 is 11.6 Å². The first-order valence-corrected chi connectivity index (χ1v) is 11.7. The molecule has 2 heterocycles. The molecule has 1 aliphatic carbocycles. The lowest BCUT2D eigenvalue weighted by Crippen LogP contribution is -2.25. The number of hydrogen-bond donors (Lipinski definition) is 1. The topological polar surface area (TPSA) is 76.9 Å². The number of benzene rings is 1. The van der Waals surface area contributed by atoms with Gasteiger partial charge >= 0.3 is 0 Å². The number of rotatable bonds is 7. The maximum Gasteiger partial charge on any atom is 0.216 e. The molecule has 0 atom stereocenters. The van der Waals surface area contributed by atoms with E-state index in [1.54, 1.807) is 36.7 Å². The Kier molecular flexibility index (Phi) is 5.99. The second kappa shape index (κ2) is 8.65. The van der Waals surface area contributed by atoms with E-state index in [1.165, 1.54) is 12.8 Å². The maximum absolute atomic E-state index is 12.5. The van der Waals surface area contributed by atoms with E-state index in [0.717, 1.165) is 24.1 Å². The van der Waals surface area contributed by atoms with Crippen molar-refractivity contribution in [3.63, 3.8) is 0 Å². The van der Waals surface area contributed by atoms with E-state index in [2.05, 4.69) is 14.4 Å². The minimum Gasteiger partial charge on any atom is -0.265 e. The third-order valence-electron chi connectivity index (χ3n) is 5.18. The molecular formula is C21H23ClN4O2S. The van der Waals surface area contributed by atoms with E-state index < -0.39 is 10.0 Å². The molecule has 6 nitrogen and oxygen atoms in total. The Morgan fingerprint density at radius 1 is 1.07 bits per heavy atom. The molecule has 0 unspecified atom stereocenters. The van der Waals surface area contributed by atoms with E-state index in [9.17, 15) is 8.42 Å². The molecule has 0 bridgehead atoms. The molecule has 1 fully saturated rings. The summed E-state index contributed by atoms with van der Waals surface area (Å²) in [5.41, 5.74) is 3.44. The average molecular weight is 431 g/mol. The number of pyridine rings is 1. The Morgan fingerprint density at radius 3 is 2.45 bits per heavy atom. The van der Waals surface area contributed by atoms with Gasteiger partial charge in [-0.3, -0.25) is 9.67 Å². The van der Waals surface area contributed by atoms with Crippen LogP contribution in [0.5, 0.6) is 0 Å². The summed E-state index contributed by atoms with van der Waals surface area (Å²) in [6, 6.07) is 13.1. The van der Waals surface area contributed by atoms with Gasteiger partial charge < -0.3 is 0 Å². The molecule has 1 saturated carbocycles. The highest BCUT2D eigenvalue weighted by Gasteiger charge is 2.22. The second-order valence-corrected chi connectivity index (χ2v) is 9.59. The zero-order chi connectivity index (χ0) is 20.3. The normalized spacial score (nSPS) is 15.1. The van der Waals surface area contributed by atoms with Crippen LogP contribution < -0.4 is 4.72 Å². The fourth-order valence-electron chi connectivity index (χ4n) is 3.73. The first-order chi connectivity index (χ1) is 14.0. The molecule has 1 N–H and O–H groups in total. The molecule has 8 heteroatoms. The van der Waals surface area contributed by atoms with Crippen molar-refractivity contribution in [3.8, 4) is 11.3 Å². The molecular weight excluding hydrogens is 408 g/mol. The van der Waals surface area contributed by atoms with E-state index in [-0.39, 0.29) is 12.3 Å². The van der Waals surface area contributed by atoms with E-state index in [4.69, 9.17) is 16.7 Å². The fraction of sp³-hybridized carbons (Fsp3) is 0.333. The Balaban J connectivity index is 1.52. The van der Waals surface area contributed by atoms with Gasteiger partial charge in [-0.2, -0.15) is 5.10 Å². The average Bonchev–Trinajstić information content (AvgIpc) is 3.38. The zero-order valence-corrected chi connectivity index (χ0v) is 17.5. The predicted molar refractivity (Wildman–Crippen MR) is 114 cm³/mol. The highest BCUT2D eigenvalue weighted by molar-refractivity contribution is 7.88. The van der Waals surface area contributed by atoms with Crippen molar-refractivity contribution >= 4 is 21.6 Å². The molecule has 0 amide bonds. The van der Waals surface area contributed by atoms with Crippen molar-refractivity contribution in [2.75, 3.05) is 0 Å². The van der Waals surface area contributed by atoms with Crippen LogP contribution in [-0.4, -0.2) is 23.2 Å². The van der Waals surface area contributed by atoms with Crippen molar-refractivity contribution in [3.05, 3.63) is 71.1 Å². The molecule has 0 radical (unpaired) electrons. The summed E-state index contributed by atoms with van der Waals surface area (Å²) in [4.78, 5) is 4.09. The number of aromatic nitrogens is 3. The Labute approximate surface area is 176 Å². The Morgan fingerprint density at radius 2 is 1.76 bits per heavy atom. The van der Waals surface area contributed by atoms with Crippen molar-refractivity contribution < 1.29 is 8.42 Å². The fourth-order valence-corrected chi connectivity index (χ4v) is 4.96. The summed E-state index contributed by atoms with van der Waals surface area (Å²) in [6.07, 6.45) is 8.11. The number of halogens is 1. The molecule has 3 aromatic rings. The van der Waals surface area contributed by atoms with Gasteiger partial charge in [0.2, 0.25) is 10.0 Å². The van der Waals surface area contributed by atoms with Crippen molar-refractivity contribution in [2.45, 2.75) is 44.0 Å². The molecule has 4 rings (SSSR count). The smallest absolute Gasteiger partial charge is 0.216 e. The quantitative estimate of drug-likeness (QED) is 0.605. The van der Waals surface area contributed by atoms with Crippen LogP contribution in [0.1, 0.15) is 43.0 Å². The second-order valence-electron chi connectivity index (χ2n) is 7.35. The summed E-state index contributed by atoms with van der Waals surface area (Å²) < 4.78 is 29.7. The lowest BCUT2D eigenvalue weighted by molar-refractivity contribution is 0.467. The molecule has 0 saturated heterocycles. The van der Waals surface area contributed by atoms with Gasteiger partial charge in [-0.05, 0) is 48.7 Å². The molecule has 1 aromatic carbocycles. The van der Waals surface area contributed by atoms with E-state index >= 15 is 0 Å². The number of nitrogens with one attached hydrogen (secondary N) is 1. The number of sulfonamides is 1. The summed E-state index contributed by atoms with van der Waals surface area (Å²) in [7, 11) is -3.49. The molecule has 0 spiro atoms. The van der Waals surface area contributed by atoms with Crippen LogP contribution in [0.15, 0.2) is 54.9 Å². The van der Waals surface area contributed by atoms with Crippen LogP contribution in [0.3, 0.4) is 0 Å². The predicted octanol–water partition coefficient (Wildman–Crippen LogP) is 4.33. The minimum atomic E-state index is -3.49. The maximum atomic E-state index is 12.5. The van der Waals surface area contributed by atoms with Gasteiger partial charge in [0.1, 0.15) is 0 Å². The first kappa shape index (κ1) is 20.1. The van der Waals surface area contributed by atoms with Gasteiger partial charge in [0, 0.05) is 23.0 Å². The third kappa shape index (κ3) is 5.04. The number of nitrogens with zero attached hydrogens (tertiary/aromatic N) is 3. The molecule has 152 valence electrons. The molecule has 1 aliphatic rings. The van der Waals surface area contributed by atoms with Gasteiger partial charge in [-0.15, -0.1) is 0 Å². The van der Waals surface area contributed by atoms with Gasteiger partial charge in [0.25, 0.3) is 0 Å². The van der Waals surface area contributed by atoms with Crippen LogP contribution in [0.2, 0.25) is 5.02 Å². The van der Waals surface area contributed by atoms with Gasteiger partial charge in [0.05, 0.1) is 29.7 Å². The van der Waals surface area contributed by atoms with Crippen LogP contribution in [0.25, 0.3) is 11.3 Å². The SMILES string of the molecule is O=S(=O)(Cc1ccc(Cl)cc1)NCc1cc(-c2ccncc2)n(C2CCCC2)n1. The Bertz CT molecular complexity index is 1060. The van der Waals surface area contributed by atoms with Crippen LogP contribution in [0, 0.1) is 0 Å². The first-order valence-electron chi connectivity index (χ1n) is 9.71. The van der Waals surface area contributed by atoms with E-state index in [0.29, 0.717) is 22.3 Å². The highest BCUT2D eigenvalue weighted by Crippen LogP contribution is 2.33. The molecule has 29 heavy (non-hydrogen) atoms. The summed E-state index contributed by atoms with van der Waals surface area (Å²) in [5.74, 6) is -0.0925. The largest absolute Gasteiger partial charge is 0.265 e. The molecule has 2 aromatic heterocycles. The van der Waals surface area contributed by atoms with Crippen molar-refractivity contribution in [1.29, 1.82) is 0 Å². The summed E-state index contributed by atoms with van der Waals surface area (Å²) >= 11 is 5.87. The van der Waals surface area contributed by atoms with Crippen LogP contribution in [0.4, 0.5) is 0 Å². The molecule has 0 aliphatic heterocycles. The standard InChI is InChI=1S/C21H23ClN4O2S/c22-18-7-5-16(6-8-18)15-29(27,28)24-14-19-13-21(17-9-11-23-12-10-17)26(25-19)20-3-1-2-4-20/h5-13,20,24H,1-4,14-15H2. The van der Waals surface area contributed by atoms with Gasteiger partial charge in [-0.1, -0.05) is 36.6 Å². The minimum absolute atomic E-state index is 0.0925. The van der Waals surface area contributed by atoms with E-state index in [1.807, 2.05) is 18.2 Å². The van der Waals surface area contributed by atoms with Gasteiger partial charge in [-0.25, -0.2) is 13.1 Å². The van der Waals surface area contributed by atoms with Crippen molar-refractivity contribution in [1.82, 2.24) is 19.5 Å². The lowest BCUT2D eigenvalue weighted by Gasteiger charge is -2.14. The van der Waals surface area contributed by atoms with Crippen LogP contribution in [-0.2, 0) is 22.3 Å². The Hall–Kier alpha value is -2.22. The highest BCUT2D eigenvalue weighted by atomic mass is 35.5. The summed E-state index contributed by atoms with van der Waals surface area (Å²) in [6.45, 7) is 0.160. The third-order valence-corrected chi connectivity index (χ3v) is 6.73.